The summed E-state index contributed by atoms with van der Waals surface area (Å²) in [5.41, 5.74) is -0.474. The van der Waals surface area contributed by atoms with E-state index < -0.39 is 41.5 Å². The third kappa shape index (κ3) is 3.96. The molecular formula is C14H15F4N3O2. The van der Waals surface area contributed by atoms with Crippen LogP contribution in [0.2, 0.25) is 0 Å². The number of hydrogen-bond donors (Lipinski definition) is 1. The molecule has 1 aliphatic heterocycles. The molecule has 0 radical (unpaired) electrons. The molecule has 9 heteroatoms. The Hall–Kier alpha value is -2.19. The molecule has 1 saturated heterocycles. The third-order valence-corrected chi connectivity index (χ3v) is 3.63. The molecule has 0 saturated carbocycles. The van der Waals surface area contributed by atoms with E-state index in [4.69, 9.17) is 0 Å². The van der Waals surface area contributed by atoms with Crippen LogP contribution in [0.3, 0.4) is 0 Å². The van der Waals surface area contributed by atoms with Crippen molar-refractivity contribution in [1.82, 2.24) is 15.2 Å². The summed E-state index contributed by atoms with van der Waals surface area (Å²) < 4.78 is 53.2. The number of alkyl halides is 3. The predicted octanol–water partition coefficient (Wildman–Crippen LogP) is 1.89. The van der Waals surface area contributed by atoms with Gasteiger partial charge in [-0.15, -0.1) is 0 Å². The fourth-order valence-corrected chi connectivity index (χ4v) is 2.64. The van der Waals surface area contributed by atoms with Crippen molar-refractivity contribution in [2.24, 2.45) is 0 Å². The Morgan fingerprint density at radius 3 is 2.61 bits per heavy atom. The number of nitrogens with zero attached hydrogens (tertiary/aromatic N) is 2. The molecule has 0 aromatic carbocycles. The van der Waals surface area contributed by atoms with Gasteiger partial charge in [-0.25, -0.2) is 4.39 Å². The number of rotatable bonds is 2. The average molecular weight is 333 g/mol. The van der Waals surface area contributed by atoms with Gasteiger partial charge in [0.25, 0.3) is 5.91 Å². The molecule has 2 heterocycles. The lowest BCUT2D eigenvalue weighted by molar-refractivity contribution is -0.184. The molecule has 1 fully saturated rings. The number of piperidine rings is 1. The van der Waals surface area contributed by atoms with Gasteiger partial charge in [0.1, 0.15) is 6.04 Å². The molecule has 1 aromatic rings. The van der Waals surface area contributed by atoms with Crippen LogP contribution in [0, 0.1) is 5.82 Å². The minimum absolute atomic E-state index is 0.0896. The first kappa shape index (κ1) is 17.2. The zero-order valence-electron chi connectivity index (χ0n) is 12.2. The molecule has 23 heavy (non-hydrogen) atoms. The summed E-state index contributed by atoms with van der Waals surface area (Å²) in [5, 5.41) is 2.50. The van der Waals surface area contributed by atoms with Crippen molar-refractivity contribution in [1.29, 1.82) is 0 Å². The number of likely N-dealkylation sites (tertiary alicyclic amines) is 1. The molecule has 1 N–H and O–H groups in total. The highest BCUT2D eigenvalue weighted by molar-refractivity contribution is 5.94. The highest BCUT2D eigenvalue weighted by atomic mass is 19.4. The number of nitrogens with one attached hydrogen (secondary N) is 1. The fraction of sp³-hybridized carbons (Fsp3) is 0.500. The van der Waals surface area contributed by atoms with Crippen LogP contribution in [-0.2, 0) is 4.79 Å². The van der Waals surface area contributed by atoms with Gasteiger partial charge in [0.15, 0.2) is 5.82 Å². The van der Waals surface area contributed by atoms with Crippen molar-refractivity contribution < 1.29 is 27.2 Å². The Kier molecular flexibility index (Phi) is 4.86. The molecule has 0 unspecified atom stereocenters. The molecule has 0 bridgehead atoms. The second kappa shape index (κ2) is 6.51. The molecule has 0 aliphatic carbocycles. The molecule has 2 rings (SSSR count). The van der Waals surface area contributed by atoms with E-state index in [1.807, 2.05) is 0 Å². The van der Waals surface area contributed by atoms with Crippen LogP contribution in [0.5, 0.6) is 0 Å². The number of pyridine rings is 1. The highest BCUT2D eigenvalue weighted by Crippen LogP contribution is 2.33. The summed E-state index contributed by atoms with van der Waals surface area (Å²) in [6.07, 6.45) is -2.99. The van der Waals surface area contributed by atoms with E-state index in [9.17, 15) is 27.2 Å². The van der Waals surface area contributed by atoms with Gasteiger partial charge in [0, 0.05) is 25.7 Å². The largest absolute Gasteiger partial charge is 0.408 e. The molecular weight excluding hydrogens is 318 g/mol. The topological polar surface area (TPSA) is 62.3 Å². The van der Waals surface area contributed by atoms with Crippen LogP contribution < -0.4 is 5.32 Å². The Labute approximate surface area is 129 Å². The van der Waals surface area contributed by atoms with E-state index in [0.29, 0.717) is 4.90 Å². The van der Waals surface area contributed by atoms with Crippen LogP contribution in [0.1, 0.15) is 30.1 Å². The van der Waals surface area contributed by atoms with Crippen molar-refractivity contribution in [3.8, 4) is 0 Å². The Morgan fingerprint density at radius 2 is 2.04 bits per heavy atom. The number of amides is 2. The minimum Gasteiger partial charge on any atom is -0.352 e. The second-order valence-corrected chi connectivity index (χ2v) is 5.35. The molecule has 5 nitrogen and oxygen atoms in total. The number of aromatic nitrogens is 1. The van der Waals surface area contributed by atoms with Crippen molar-refractivity contribution in [3.05, 3.63) is 29.8 Å². The molecule has 1 aromatic heterocycles. The fourth-order valence-electron chi connectivity index (χ4n) is 2.64. The lowest BCUT2D eigenvalue weighted by Crippen LogP contribution is -2.58. The van der Waals surface area contributed by atoms with Crippen molar-refractivity contribution >= 4 is 11.8 Å². The summed E-state index contributed by atoms with van der Waals surface area (Å²) in [4.78, 5) is 27.5. The van der Waals surface area contributed by atoms with E-state index in [0.717, 1.165) is 18.5 Å². The van der Waals surface area contributed by atoms with Crippen molar-refractivity contribution in [2.75, 3.05) is 6.54 Å². The van der Waals surface area contributed by atoms with Gasteiger partial charge >= 0.3 is 6.18 Å². The molecule has 2 atom stereocenters. The maximum Gasteiger partial charge on any atom is 0.408 e. The lowest BCUT2D eigenvalue weighted by Gasteiger charge is -2.40. The number of hydrogen-bond acceptors (Lipinski definition) is 3. The summed E-state index contributed by atoms with van der Waals surface area (Å²) in [7, 11) is 0. The van der Waals surface area contributed by atoms with Gasteiger partial charge in [-0.3, -0.25) is 14.6 Å². The summed E-state index contributed by atoms with van der Waals surface area (Å²) in [5.74, 6) is -2.45. The van der Waals surface area contributed by atoms with Crippen LogP contribution in [0.4, 0.5) is 17.6 Å². The van der Waals surface area contributed by atoms with E-state index in [1.54, 1.807) is 0 Å². The van der Waals surface area contributed by atoms with Gasteiger partial charge in [0.05, 0.1) is 11.8 Å². The van der Waals surface area contributed by atoms with E-state index >= 15 is 0 Å². The summed E-state index contributed by atoms with van der Waals surface area (Å²) in [6, 6.07) is -1.57. The molecule has 1 aliphatic rings. The molecule has 2 amide bonds. The van der Waals surface area contributed by atoms with Gasteiger partial charge in [0.2, 0.25) is 5.91 Å². The first-order valence-corrected chi connectivity index (χ1v) is 6.94. The van der Waals surface area contributed by atoms with Crippen LogP contribution in [0.15, 0.2) is 18.5 Å². The smallest absolute Gasteiger partial charge is 0.352 e. The van der Waals surface area contributed by atoms with Crippen molar-refractivity contribution in [3.63, 3.8) is 0 Å². The first-order chi connectivity index (χ1) is 10.7. The summed E-state index contributed by atoms with van der Waals surface area (Å²) in [6.45, 7) is 0.912. The van der Waals surface area contributed by atoms with E-state index in [-0.39, 0.29) is 19.4 Å². The van der Waals surface area contributed by atoms with Gasteiger partial charge in [-0.1, -0.05) is 0 Å². The molecule has 126 valence electrons. The van der Waals surface area contributed by atoms with Crippen LogP contribution in [0.25, 0.3) is 0 Å². The van der Waals surface area contributed by atoms with E-state index in [1.165, 1.54) is 6.92 Å². The van der Waals surface area contributed by atoms with Gasteiger partial charge < -0.3 is 10.2 Å². The van der Waals surface area contributed by atoms with Gasteiger partial charge in [-0.05, 0) is 18.9 Å². The van der Waals surface area contributed by atoms with Crippen molar-refractivity contribution in [2.45, 2.75) is 38.0 Å². The maximum atomic E-state index is 13.7. The molecule has 0 spiro atoms. The average Bonchev–Trinajstić information content (AvgIpc) is 2.45. The Morgan fingerprint density at radius 1 is 1.35 bits per heavy atom. The third-order valence-electron chi connectivity index (χ3n) is 3.63. The zero-order chi connectivity index (χ0) is 17.2. The lowest BCUT2D eigenvalue weighted by atomic mass is 9.96. The Bertz CT molecular complexity index is 606. The zero-order valence-corrected chi connectivity index (χ0v) is 12.2. The SMILES string of the molecule is CC(=O)N[C@@H]1CC[C@@H](C(F)(F)F)N(C(=O)c2ccncc2F)C1. The monoisotopic (exact) mass is 333 g/mol. The normalized spacial score (nSPS) is 21.9. The minimum atomic E-state index is -4.62. The van der Waals surface area contributed by atoms with Crippen LogP contribution in [-0.4, -0.2) is 46.5 Å². The van der Waals surface area contributed by atoms with Crippen LogP contribution >= 0.6 is 0 Å². The van der Waals surface area contributed by atoms with Gasteiger partial charge in [-0.2, -0.15) is 13.2 Å². The maximum absolute atomic E-state index is 13.7. The van der Waals surface area contributed by atoms with E-state index in [2.05, 4.69) is 10.3 Å². The Balaban J connectivity index is 2.29. The number of halogens is 4. The standard InChI is InChI=1S/C14H15F4N3O2/c1-8(22)20-9-2-3-12(14(16,17)18)21(7-9)13(23)10-4-5-19-6-11(10)15/h4-6,9,12H,2-3,7H2,1H3,(H,20,22)/t9-,12+/m1/s1. The quantitative estimate of drug-likeness (QED) is 0.841. The highest BCUT2D eigenvalue weighted by Gasteiger charge is 2.48. The number of carbonyl (C=O) groups excluding carboxylic acids is 2. The summed E-state index contributed by atoms with van der Waals surface area (Å²) >= 11 is 0. The predicted molar refractivity (Wildman–Crippen MR) is 71.9 cm³/mol. The first-order valence-electron chi connectivity index (χ1n) is 6.94. The number of carbonyl (C=O) groups is 2. The second-order valence-electron chi connectivity index (χ2n) is 5.35.